The van der Waals surface area contributed by atoms with E-state index in [-0.39, 0.29) is 39.1 Å². The van der Waals surface area contributed by atoms with Gasteiger partial charge in [0.05, 0.1) is 0 Å². The summed E-state index contributed by atoms with van der Waals surface area (Å²) in [7, 11) is 0. The molecule has 1 amide bonds. The van der Waals surface area contributed by atoms with Gasteiger partial charge in [0.1, 0.15) is 0 Å². The molecule has 1 aromatic carbocycles. The molecule has 0 saturated carbocycles. The predicted molar refractivity (Wildman–Crippen MR) is 90.9 cm³/mol. The standard InChI is InChI=1S/C20H24NO.Ti/c1-12-9-13(2)17(10-12)19(22)21-18-8-7-16(11-20(21,5)6)14(3)15(18)4;/h7-8,10,12H,11H2,1-6H3;/q-1;. The molecule has 1 atom stereocenters. The molecular formula is C20H24NOTi-. The van der Waals surface area contributed by atoms with Crippen LogP contribution >= 0.6 is 0 Å². The number of benzene rings is 1. The first-order valence-electron chi connectivity index (χ1n) is 7.98. The van der Waals surface area contributed by atoms with Crippen LogP contribution < -0.4 is 4.90 Å². The third kappa shape index (κ3) is 2.88. The van der Waals surface area contributed by atoms with Gasteiger partial charge in [0, 0.05) is 32.9 Å². The summed E-state index contributed by atoms with van der Waals surface area (Å²) >= 11 is 0. The quantitative estimate of drug-likeness (QED) is 0.551. The van der Waals surface area contributed by atoms with Crippen molar-refractivity contribution < 1.29 is 26.5 Å². The van der Waals surface area contributed by atoms with Gasteiger partial charge in [-0.15, -0.1) is 5.57 Å². The van der Waals surface area contributed by atoms with Crippen molar-refractivity contribution in [2.24, 2.45) is 5.92 Å². The Bertz CT molecular complexity index is 727. The van der Waals surface area contributed by atoms with Gasteiger partial charge in [-0.2, -0.15) is 6.08 Å². The molecule has 120 valence electrons. The van der Waals surface area contributed by atoms with Crippen molar-refractivity contribution in [3.8, 4) is 0 Å². The van der Waals surface area contributed by atoms with E-state index in [0.717, 1.165) is 23.3 Å². The summed E-state index contributed by atoms with van der Waals surface area (Å²) in [4.78, 5) is 15.3. The molecule has 1 aromatic rings. The summed E-state index contributed by atoms with van der Waals surface area (Å²) in [5.41, 5.74) is 6.47. The molecule has 2 aliphatic heterocycles. The maximum absolute atomic E-state index is 13.3. The summed E-state index contributed by atoms with van der Waals surface area (Å²) in [6.45, 7) is 12.7. The Kier molecular flexibility index (Phi) is 4.81. The van der Waals surface area contributed by atoms with Crippen LogP contribution in [0.15, 0.2) is 29.4 Å². The van der Waals surface area contributed by atoms with Gasteiger partial charge in [0.25, 0.3) is 0 Å². The van der Waals surface area contributed by atoms with E-state index in [4.69, 9.17) is 0 Å². The average molecular weight is 342 g/mol. The number of hydrogen-bond acceptors (Lipinski definition) is 1. The number of amides is 1. The van der Waals surface area contributed by atoms with E-state index in [2.05, 4.69) is 52.8 Å². The summed E-state index contributed by atoms with van der Waals surface area (Å²) in [6, 6.07) is 4.28. The second-order valence-electron chi connectivity index (χ2n) is 7.26. The van der Waals surface area contributed by atoms with Crippen molar-refractivity contribution >= 4 is 11.6 Å². The number of carbonyl (C=O) groups is 1. The Hall–Kier alpha value is -1.12. The molecule has 0 fully saturated rings. The van der Waals surface area contributed by atoms with Crippen LogP contribution in [0, 0.1) is 25.8 Å². The zero-order valence-corrected chi connectivity index (χ0v) is 16.4. The van der Waals surface area contributed by atoms with Crippen LogP contribution in [0.5, 0.6) is 0 Å². The third-order valence-corrected chi connectivity index (χ3v) is 5.04. The van der Waals surface area contributed by atoms with Gasteiger partial charge in [-0.1, -0.05) is 25.8 Å². The summed E-state index contributed by atoms with van der Waals surface area (Å²) in [5, 5.41) is 0. The Balaban J connectivity index is 0.00000192. The van der Waals surface area contributed by atoms with E-state index in [1.807, 2.05) is 17.9 Å². The molecule has 2 heterocycles. The van der Waals surface area contributed by atoms with Crippen molar-refractivity contribution in [2.45, 2.75) is 53.5 Å². The van der Waals surface area contributed by atoms with Crippen LogP contribution in [-0.2, 0) is 32.9 Å². The molecule has 0 radical (unpaired) electrons. The van der Waals surface area contributed by atoms with E-state index in [1.165, 1.54) is 16.7 Å². The molecule has 4 rings (SSSR count). The Morgan fingerprint density at radius 1 is 1.22 bits per heavy atom. The van der Waals surface area contributed by atoms with Crippen LogP contribution in [0.3, 0.4) is 0 Å². The summed E-state index contributed by atoms with van der Waals surface area (Å²) < 4.78 is 0. The van der Waals surface area contributed by atoms with Gasteiger partial charge in [0.2, 0.25) is 0 Å². The van der Waals surface area contributed by atoms with Gasteiger partial charge < -0.3 is 4.90 Å². The van der Waals surface area contributed by atoms with Crippen LogP contribution in [0.2, 0.25) is 0 Å². The topological polar surface area (TPSA) is 20.3 Å². The van der Waals surface area contributed by atoms with Crippen molar-refractivity contribution in [2.75, 3.05) is 4.90 Å². The monoisotopic (exact) mass is 342 g/mol. The van der Waals surface area contributed by atoms with Crippen molar-refractivity contribution in [1.29, 1.82) is 0 Å². The molecule has 2 nitrogen and oxygen atoms in total. The normalized spacial score (nSPS) is 21.5. The maximum Gasteiger partial charge on any atom is 0.176 e. The number of nitrogens with zero attached hydrogens (tertiary/aromatic N) is 1. The van der Waals surface area contributed by atoms with Crippen LogP contribution in [0.4, 0.5) is 5.69 Å². The van der Waals surface area contributed by atoms with Crippen molar-refractivity contribution in [3.05, 3.63) is 52.1 Å². The number of carbonyl (C=O) groups excluding carboxylic acids is 1. The van der Waals surface area contributed by atoms with E-state index in [1.54, 1.807) is 0 Å². The fourth-order valence-corrected chi connectivity index (χ4v) is 3.74. The van der Waals surface area contributed by atoms with Gasteiger partial charge in [-0.05, 0) is 56.9 Å². The SMILES string of the molecule is CC1=[C-]C(C)C=C1C(=O)N1c2ccc(c(C)c2C)CC1(C)C.[Ti]. The Morgan fingerprint density at radius 3 is 2.43 bits per heavy atom. The van der Waals surface area contributed by atoms with Crippen LogP contribution in [0.25, 0.3) is 0 Å². The molecule has 0 N–H and O–H groups in total. The first-order chi connectivity index (χ1) is 10.2. The third-order valence-electron chi connectivity index (χ3n) is 5.04. The molecule has 0 saturated heterocycles. The van der Waals surface area contributed by atoms with E-state index >= 15 is 0 Å². The molecular weight excluding hydrogens is 318 g/mol. The molecule has 3 heteroatoms. The Labute approximate surface area is 154 Å². The number of allylic oxidation sites excluding steroid dienone is 2. The molecule has 0 aromatic heterocycles. The van der Waals surface area contributed by atoms with Crippen LogP contribution in [-0.4, -0.2) is 11.4 Å². The first kappa shape index (κ1) is 18.2. The largest absolute Gasteiger partial charge is 0.317 e. The van der Waals surface area contributed by atoms with Gasteiger partial charge in [-0.3, -0.25) is 10.9 Å². The van der Waals surface area contributed by atoms with Gasteiger partial charge in [0.15, 0.2) is 5.91 Å². The minimum Gasteiger partial charge on any atom is -0.317 e. The van der Waals surface area contributed by atoms with E-state index < -0.39 is 0 Å². The molecule has 2 bridgehead atoms. The maximum atomic E-state index is 13.3. The Morgan fingerprint density at radius 2 is 1.87 bits per heavy atom. The summed E-state index contributed by atoms with van der Waals surface area (Å²) in [5.74, 6) is 0.327. The van der Waals surface area contributed by atoms with E-state index in [0.29, 0.717) is 0 Å². The average Bonchev–Trinajstić information content (AvgIpc) is 2.65. The first-order valence-corrected chi connectivity index (χ1v) is 7.98. The smallest absolute Gasteiger partial charge is 0.176 e. The summed E-state index contributed by atoms with van der Waals surface area (Å²) in [6.07, 6.45) is 6.25. The molecule has 3 aliphatic rings. The minimum absolute atomic E-state index is 0. The molecule has 0 spiro atoms. The number of hydrogen-bond donors (Lipinski definition) is 0. The number of rotatable bonds is 1. The predicted octanol–water partition coefficient (Wildman–Crippen LogP) is 4.29. The fraction of sp³-hybridized carbons (Fsp3) is 0.450. The second-order valence-corrected chi connectivity index (χ2v) is 7.26. The molecule has 1 aliphatic carbocycles. The minimum atomic E-state index is -0.225. The number of anilines is 1. The van der Waals surface area contributed by atoms with Gasteiger partial charge >= 0.3 is 0 Å². The number of fused-ring (bicyclic) bond motifs is 4. The van der Waals surface area contributed by atoms with Crippen molar-refractivity contribution in [1.82, 2.24) is 0 Å². The van der Waals surface area contributed by atoms with Crippen molar-refractivity contribution in [3.63, 3.8) is 0 Å². The molecule has 1 unspecified atom stereocenters. The van der Waals surface area contributed by atoms with Crippen LogP contribution in [0.1, 0.15) is 44.4 Å². The fourth-order valence-electron chi connectivity index (χ4n) is 3.74. The second kappa shape index (κ2) is 6.07. The molecule has 23 heavy (non-hydrogen) atoms. The van der Waals surface area contributed by atoms with Gasteiger partial charge in [-0.25, -0.2) is 5.57 Å². The van der Waals surface area contributed by atoms with E-state index in [9.17, 15) is 4.79 Å². The zero-order valence-electron chi connectivity index (χ0n) is 14.9. The zero-order chi connectivity index (χ0) is 16.2.